The Morgan fingerprint density at radius 2 is 2.09 bits per heavy atom. The van der Waals surface area contributed by atoms with E-state index in [4.69, 9.17) is 10.8 Å². The predicted octanol–water partition coefficient (Wildman–Crippen LogP) is 1.44. The fraction of sp³-hybridized carbons (Fsp3) is 0.0625. The first-order chi connectivity index (χ1) is 10.5. The molecule has 1 aromatic heterocycles. The summed E-state index contributed by atoms with van der Waals surface area (Å²) in [6.45, 7) is 0. The highest BCUT2D eigenvalue weighted by Gasteiger charge is 2.08. The van der Waals surface area contributed by atoms with Gasteiger partial charge in [-0.3, -0.25) is 4.79 Å². The molecule has 1 aromatic carbocycles. The van der Waals surface area contributed by atoms with E-state index >= 15 is 0 Å². The standard InChI is InChI=1S/C16H11NO5/c1-3-10-4-5-11-9-12(16(20)22-13(11)8-10)17-14(18)6-7-15(19)21-2/h1,4-9H,2H3,(H,17,18)/b7-6-. The molecule has 6 heteroatoms. The molecule has 1 N–H and O–H groups in total. The average molecular weight is 297 g/mol. The van der Waals surface area contributed by atoms with Crippen molar-refractivity contribution in [3.63, 3.8) is 0 Å². The monoisotopic (exact) mass is 297 g/mol. The second kappa shape index (κ2) is 6.41. The first kappa shape index (κ1) is 15.1. The Balaban J connectivity index is 2.29. The van der Waals surface area contributed by atoms with E-state index in [-0.39, 0.29) is 5.69 Å². The van der Waals surface area contributed by atoms with Gasteiger partial charge >= 0.3 is 11.6 Å². The third-order valence-electron chi connectivity index (χ3n) is 2.73. The number of amides is 1. The summed E-state index contributed by atoms with van der Waals surface area (Å²) in [7, 11) is 1.19. The van der Waals surface area contributed by atoms with Gasteiger partial charge in [0.05, 0.1) is 7.11 Å². The summed E-state index contributed by atoms with van der Waals surface area (Å²) in [6.07, 6.45) is 7.17. The minimum absolute atomic E-state index is 0.0412. The van der Waals surface area contributed by atoms with Crippen molar-refractivity contribution in [3.8, 4) is 12.3 Å². The minimum Gasteiger partial charge on any atom is -0.466 e. The molecule has 0 aliphatic carbocycles. The van der Waals surface area contributed by atoms with Crippen LogP contribution in [0.4, 0.5) is 5.69 Å². The van der Waals surface area contributed by atoms with Crippen LogP contribution in [-0.4, -0.2) is 19.0 Å². The number of carbonyl (C=O) groups is 2. The molecule has 0 aliphatic rings. The number of anilines is 1. The third-order valence-corrected chi connectivity index (χ3v) is 2.73. The number of rotatable bonds is 3. The smallest absolute Gasteiger partial charge is 0.360 e. The number of ether oxygens (including phenoxy) is 1. The van der Waals surface area contributed by atoms with Crippen LogP contribution in [0.5, 0.6) is 0 Å². The number of hydrogen-bond donors (Lipinski definition) is 1. The summed E-state index contributed by atoms with van der Waals surface area (Å²) in [4.78, 5) is 34.3. The summed E-state index contributed by atoms with van der Waals surface area (Å²) in [5.41, 5.74) is 0.138. The van der Waals surface area contributed by atoms with Crippen LogP contribution in [0, 0.1) is 12.3 Å². The average Bonchev–Trinajstić information content (AvgIpc) is 2.52. The summed E-state index contributed by atoms with van der Waals surface area (Å²) >= 11 is 0. The number of benzene rings is 1. The maximum absolute atomic E-state index is 11.8. The van der Waals surface area contributed by atoms with Gasteiger partial charge in [0.25, 0.3) is 0 Å². The number of esters is 1. The normalized spacial score (nSPS) is 10.4. The van der Waals surface area contributed by atoms with Crippen molar-refractivity contribution in [2.75, 3.05) is 12.4 Å². The molecule has 0 saturated carbocycles. The highest BCUT2D eigenvalue weighted by atomic mass is 16.5. The van der Waals surface area contributed by atoms with Gasteiger partial charge in [-0.1, -0.05) is 5.92 Å². The van der Waals surface area contributed by atoms with E-state index < -0.39 is 17.5 Å². The van der Waals surface area contributed by atoms with Crippen molar-refractivity contribution in [2.45, 2.75) is 0 Å². The van der Waals surface area contributed by atoms with E-state index in [2.05, 4.69) is 16.0 Å². The Morgan fingerprint density at radius 3 is 2.77 bits per heavy atom. The Hall–Kier alpha value is -3.33. The van der Waals surface area contributed by atoms with Crippen LogP contribution in [0.2, 0.25) is 0 Å². The highest BCUT2D eigenvalue weighted by molar-refractivity contribution is 6.03. The summed E-state index contributed by atoms with van der Waals surface area (Å²) in [6, 6.07) is 6.38. The molecule has 0 aliphatic heterocycles. The van der Waals surface area contributed by atoms with E-state index in [1.807, 2.05) is 0 Å². The number of methoxy groups -OCH3 is 1. The minimum atomic E-state index is -0.721. The van der Waals surface area contributed by atoms with Gasteiger partial charge in [0.1, 0.15) is 11.3 Å². The molecule has 0 radical (unpaired) electrons. The van der Waals surface area contributed by atoms with Gasteiger partial charge in [-0.15, -0.1) is 6.42 Å². The maximum Gasteiger partial charge on any atom is 0.360 e. The summed E-state index contributed by atoms with van der Waals surface area (Å²) in [5.74, 6) is 1.10. The zero-order valence-electron chi connectivity index (χ0n) is 11.6. The fourth-order valence-corrected chi connectivity index (χ4v) is 1.67. The Morgan fingerprint density at radius 1 is 1.32 bits per heavy atom. The maximum atomic E-state index is 11.8. The van der Waals surface area contributed by atoms with Gasteiger partial charge in [0, 0.05) is 23.1 Å². The van der Waals surface area contributed by atoms with Gasteiger partial charge in [-0.2, -0.15) is 0 Å². The van der Waals surface area contributed by atoms with E-state index in [1.54, 1.807) is 18.2 Å². The molecule has 1 heterocycles. The molecule has 2 rings (SSSR count). The van der Waals surface area contributed by atoms with Crippen molar-refractivity contribution in [1.29, 1.82) is 0 Å². The lowest BCUT2D eigenvalue weighted by atomic mass is 10.1. The predicted molar refractivity (Wildman–Crippen MR) is 80.2 cm³/mol. The molecule has 110 valence electrons. The van der Waals surface area contributed by atoms with E-state index in [0.717, 1.165) is 12.2 Å². The van der Waals surface area contributed by atoms with Crippen LogP contribution in [0.15, 0.2) is 45.6 Å². The van der Waals surface area contributed by atoms with Crippen LogP contribution in [0.25, 0.3) is 11.0 Å². The Bertz CT molecular complexity index is 870. The van der Waals surface area contributed by atoms with Crippen LogP contribution in [-0.2, 0) is 14.3 Å². The molecule has 0 atom stereocenters. The molecule has 22 heavy (non-hydrogen) atoms. The Kier molecular flexibility index (Phi) is 4.39. The van der Waals surface area contributed by atoms with Crippen LogP contribution in [0.1, 0.15) is 5.56 Å². The molecule has 6 nitrogen and oxygen atoms in total. The van der Waals surface area contributed by atoms with E-state index in [9.17, 15) is 14.4 Å². The van der Waals surface area contributed by atoms with Crippen LogP contribution >= 0.6 is 0 Å². The van der Waals surface area contributed by atoms with Crippen LogP contribution < -0.4 is 10.9 Å². The van der Waals surface area contributed by atoms with Crippen molar-refractivity contribution < 1.29 is 18.7 Å². The zero-order valence-corrected chi connectivity index (χ0v) is 11.6. The van der Waals surface area contributed by atoms with Gasteiger partial charge in [-0.05, 0) is 24.3 Å². The molecule has 1 amide bonds. The molecule has 0 bridgehead atoms. The van der Waals surface area contributed by atoms with Gasteiger partial charge < -0.3 is 14.5 Å². The number of terminal acetylenes is 1. The van der Waals surface area contributed by atoms with Crippen molar-refractivity contribution in [1.82, 2.24) is 0 Å². The van der Waals surface area contributed by atoms with Gasteiger partial charge in [-0.25, -0.2) is 9.59 Å². The third kappa shape index (κ3) is 3.41. The topological polar surface area (TPSA) is 85.6 Å². The van der Waals surface area contributed by atoms with E-state index in [0.29, 0.717) is 16.5 Å². The number of hydrogen-bond acceptors (Lipinski definition) is 5. The molecule has 0 unspecified atom stereocenters. The number of nitrogens with one attached hydrogen (secondary N) is 1. The molecule has 0 saturated heterocycles. The molecule has 0 spiro atoms. The lowest BCUT2D eigenvalue weighted by molar-refractivity contribution is -0.135. The zero-order chi connectivity index (χ0) is 16.1. The molecular weight excluding hydrogens is 286 g/mol. The van der Waals surface area contributed by atoms with Crippen molar-refractivity contribution >= 4 is 28.5 Å². The largest absolute Gasteiger partial charge is 0.466 e. The lowest BCUT2D eigenvalue weighted by Crippen LogP contribution is -2.16. The quantitative estimate of drug-likeness (QED) is 0.401. The second-order valence-electron chi connectivity index (χ2n) is 4.19. The Labute approximate surface area is 125 Å². The van der Waals surface area contributed by atoms with Gasteiger partial charge in [0.15, 0.2) is 0 Å². The summed E-state index contributed by atoms with van der Waals surface area (Å²) in [5, 5.41) is 2.93. The lowest BCUT2D eigenvalue weighted by Gasteiger charge is -2.03. The summed E-state index contributed by atoms with van der Waals surface area (Å²) < 4.78 is 9.45. The van der Waals surface area contributed by atoms with Crippen molar-refractivity contribution in [2.24, 2.45) is 0 Å². The number of carbonyl (C=O) groups excluding carboxylic acids is 2. The van der Waals surface area contributed by atoms with Gasteiger partial charge in [0.2, 0.25) is 5.91 Å². The SMILES string of the molecule is C#Cc1ccc2cc(NC(=O)/C=C\C(=O)OC)c(=O)oc2c1. The van der Waals surface area contributed by atoms with Crippen molar-refractivity contribution in [3.05, 3.63) is 52.4 Å². The first-order valence-electron chi connectivity index (χ1n) is 6.15. The second-order valence-corrected chi connectivity index (χ2v) is 4.19. The first-order valence-corrected chi connectivity index (χ1v) is 6.15. The van der Waals surface area contributed by atoms with E-state index in [1.165, 1.54) is 13.2 Å². The molecule has 0 fully saturated rings. The number of fused-ring (bicyclic) bond motifs is 1. The fourth-order valence-electron chi connectivity index (χ4n) is 1.67. The molecule has 2 aromatic rings. The molecular formula is C16H11NO5. The van der Waals surface area contributed by atoms with Crippen LogP contribution in [0.3, 0.4) is 0 Å². The highest BCUT2D eigenvalue weighted by Crippen LogP contribution is 2.17.